The Labute approximate surface area is 269 Å². The first-order valence-corrected chi connectivity index (χ1v) is 16.8. The second-order valence-electron chi connectivity index (χ2n) is 11.3. The molecule has 232 valence electrons. The molecule has 0 spiro atoms. The molecular formula is C34H34N4O5S2. The van der Waals surface area contributed by atoms with Crippen LogP contribution in [0.15, 0.2) is 48.5 Å². The summed E-state index contributed by atoms with van der Waals surface area (Å²) in [6.07, 6.45) is 9.73. The summed E-state index contributed by atoms with van der Waals surface area (Å²) >= 11 is 2.88. The van der Waals surface area contributed by atoms with Crippen LogP contribution in [0.1, 0.15) is 101 Å². The first-order valence-electron chi connectivity index (χ1n) is 15.2. The summed E-state index contributed by atoms with van der Waals surface area (Å²) in [5.41, 5.74) is 15.0. The minimum absolute atomic E-state index is 0.336. The number of thiophene rings is 2. The summed E-state index contributed by atoms with van der Waals surface area (Å²) in [7, 11) is 0. The van der Waals surface area contributed by atoms with E-state index in [1.165, 1.54) is 22.7 Å². The number of benzene rings is 2. The molecular weight excluding hydrogens is 609 g/mol. The van der Waals surface area contributed by atoms with Crippen LogP contribution in [-0.4, -0.2) is 23.6 Å². The average molecular weight is 643 g/mol. The van der Waals surface area contributed by atoms with Crippen molar-refractivity contribution < 1.29 is 23.9 Å². The molecule has 2 heterocycles. The van der Waals surface area contributed by atoms with Gasteiger partial charge in [0.25, 0.3) is 23.6 Å². The predicted molar refractivity (Wildman–Crippen MR) is 177 cm³/mol. The van der Waals surface area contributed by atoms with Gasteiger partial charge in [-0.15, -0.1) is 22.7 Å². The van der Waals surface area contributed by atoms with Gasteiger partial charge in [0.05, 0.1) is 11.1 Å². The summed E-state index contributed by atoms with van der Waals surface area (Å²) in [4.78, 5) is 52.8. The summed E-state index contributed by atoms with van der Waals surface area (Å²) in [5, 5.41) is 6.79. The smallest absolute Gasteiger partial charge is 0.256 e. The number of anilines is 2. The van der Waals surface area contributed by atoms with Gasteiger partial charge < -0.3 is 26.8 Å². The highest BCUT2D eigenvalue weighted by Gasteiger charge is 2.26. The van der Waals surface area contributed by atoms with E-state index in [-0.39, 0.29) is 11.8 Å². The van der Waals surface area contributed by atoms with Crippen molar-refractivity contribution in [3.05, 3.63) is 91.7 Å². The molecule has 4 amide bonds. The largest absolute Gasteiger partial charge is 0.457 e. The molecule has 6 rings (SSSR count). The van der Waals surface area contributed by atoms with Crippen LogP contribution < -0.4 is 26.8 Å². The van der Waals surface area contributed by atoms with Gasteiger partial charge in [0.2, 0.25) is 0 Å². The fourth-order valence-electron chi connectivity index (χ4n) is 6.02. The van der Waals surface area contributed by atoms with Gasteiger partial charge in [-0.1, -0.05) is 12.8 Å². The zero-order valence-electron chi connectivity index (χ0n) is 24.7. The lowest BCUT2D eigenvalue weighted by Gasteiger charge is -2.09. The van der Waals surface area contributed by atoms with Gasteiger partial charge in [0, 0.05) is 20.9 Å². The minimum Gasteiger partial charge on any atom is -0.457 e. The molecule has 45 heavy (non-hydrogen) atoms. The standard InChI is InChI=1S/C34H34N4O5S2/c35-29(39)27-23-7-3-1-5-9-25(23)44-33(27)37-31(41)19-11-15-21(16-12-19)43-22-17-13-20(14-18-22)32(42)38-34-28(30(36)40)24-8-4-2-6-10-26(24)45-34/h11-18H,1-10H2,(H2,35,39)(H2,36,40)(H,37,41)(H,38,42). The molecule has 4 aromatic rings. The van der Waals surface area contributed by atoms with Gasteiger partial charge in [-0.05, 0) is 111 Å². The van der Waals surface area contributed by atoms with Crippen molar-refractivity contribution in [2.75, 3.05) is 10.6 Å². The molecule has 2 aromatic carbocycles. The molecule has 0 fully saturated rings. The van der Waals surface area contributed by atoms with E-state index in [1.54, 1.807) is 48.5 Å². The number of amides is 4. The third-order valence-corrected chi connectivity index (χ3v) is 10.7. The van der Waals surface area contributed by atoms with E-state index in [1.807, 2.05) is 0 Å². The molecule has 0 saturated carbocycles. The minimum atomic E-state index is -0.520. The maximum absolute atomic E-state index is 13.0. The molecule has 0 unspecified atom stereocenters. The van der Waals surface area contributed by atoms with Crippen LogP contribution >= 0.6 is 22.7 Å². The van der Waals surface area contributed by atoms with Crippen LogP contribution in [0.5, 0.6) is 11.5 Å². The number of ether oxygens (including phenoxy) is 1. The van der Waals surface area contributed by atoms with E-state index < -0.39 is 11.8 Å². The lowest BCUT2D eigenvalue weighted by molar-refractivity contribution is 0.0989. The van der Waals surface area contributed by atoms with Crippen molar-refractivity contribution in [3.63, 3.8) is 0 Å². The van der Waals surface area contributed by atoms with Crippen LogP contribution in [0.2, 0.25) is 0 Å². The Hall–Kier alpha value is -4.48. The Balaban J connectivity index is 1.09. The molecule has 6 N–H and O–H groups in total. The van der Waals surface area contributed by atoms with E-state index >= 15 is 0 Å². The average Bonchev–Trinajstić information content (AvgIpc) is 3.31. The van der Waals surface area contributed by atoms with E-state index in [9.17, 15) is 19.2 Å². The molecule has 0 saturated heterocycles. The normalized spacial score (nSPS) is 14.3. The predicted octanol–water partition coefficient (Wildman–Crippen LogP) is 6.84. The number of primary amides is 2. The van der Waals surface area contributed by atoms with Gasteiger partial charge in [0.15, 0.2) is 0 Å². The number of fused-ring (bicyclic) bond motifs is 2. The molecule has 2 aliphatic rings. The molecule has 0 atom stereocenters. The Bertz CT molecular complexity index is 1640. The number of carbonyl (C=O) groups excluding carboxylic acids is 4. The van der Waals surface area contributed by atoms with E-state index in [2.05, 4.69) is 10.6 Å². The van der Waals surface area contributed by atoms with E-state index in [0.29, 0.717) is 43.8 Å². The highest BCUT2D eigenvalue weighted by molar-refractivity contribution is 7.17. The number of rotatable bonds is 8. The molecule has 2 aromatic heterocycles. The SMILES string of the molecule is NC(=O)c1c(NC(=O)c2ccc(Oc3ccc(C(=O)Nc4sc5c(c4C(N)=O)CCCCC5)cc3)cc2)sc2c1CCCCC2. The Morgan fingerprint density at radius 3 is 1.31 bits per heavy atom. The zero-order chi connectivity index (χ0) is 31.5. The third-order valence-electron chi connectivity index (χ3n) is 8.26. The first-order chi connectivity index (χ1) is 21.8. The van der Waals surface area contributed by atoms with Crippen molar-refractivity contribution in [1.82, 2.24) is 0 Å². The molecule has 0 radical (unpaired) electrons. The van der Waals surface area contributed by atoms with Gasteiger partial charge in [-0.3, -0.25) is 19.2 Å². The van der Waals surface area contributed by atoms with Crippen molar-refractivity contribution in [3.8, 4) is 11.5 Å². The van der Waals surface area contributed by atoms with E-state index in [4.69, 9.17) is 16.2 Å². The molecule has 2 aliphatic carbocycles. The van der Waals surface area contributed by atoms with Crippen molar-refractivity contribution in [1.29, 1.82) is 0 Å². The van der Waals surface area contributed by atoms with Crippen molar-refractivity contribution >= 4 is 56.3 Å². The van der Waals surface area contributed by atoms with Crippen LogP contribution in [0.4, 0.5) is 10.0 Å². The highest BCUT2D eigenvalue weighted by Crippen LogP contribution is 2.39. The van der Waals surface area contributed by atoms with Gasteiger partial charge in [-0.2, -0.15) is 0 Å². The van der Waals surface area contributed by atoms with Gasteiger partial charge in [0.1, 0.15) is 21.5 Å². The summed E-state index contributed by atoms with van der Waals surface area (Å²) in [6, 6.07) is 13.3. The summed E-state index contributed by atoms with van der Waals surface area (Å²) in [5.74, 6) is -0.693. The molecule has 0 aliphatic heterocycles. The number of hydrogen-bond donors (Lipinski definition) is 4. The Morgan fingerprint density at radius 2 is 0.933 bits per heavy atom. The van der Waals surface area contributed by atoms with E-state index in [0.717, 1.165) is 85.1 Å². The quantitative estimate of drug-likeness (QED) is 0.155. The first kappa shape index (κ1) is 30.5. The highest BCUT2D eigenvalue weighted by atomic mass is 32.1. The van der Waals surface area contributed by atoms with Crippen LogP contribution in [-0.2, 0) is 25.7 Å². The monoisotopic (exact) mass is 642 g/mol. The summed E-state index contributed by atoms with van der Waals surface area (Å²) in [6.45, 7) is 0. The Kier molecular flexibility index (Phi) is 8.99. The number of aryl methyl sites for hydroxylation is 2. The molecule has 9 nitrogen and oxygen atoms in total. The number of nitrogens with two attached hydrogens (primary N) is 2. The topological polar surface area (TPSA) is 154 Å². The fraction of sp³-hybridized carbons (Fsp3) is 0.294. The van der Waals surface area contributed by atoms with Crippen LogP contribution in [0, 0.1) is 0 Å². The zero-order valence-corrected chi connectivity index (χ0v) is 26.3. The van der Waals surface area contributed by atoms with Crippen molar-refractivity contribution in [2.45, 2.75) is 64.2 Å². The van der Waals surface area contributed by atoms with Crippen LogP contribution in [0.3, 0.4) is 0 Å². The molecule has 0 bridgehead atoms. The second-order valence-corrected chi connectivity index (χ2v) is 13.5. The summed E-state index contributed by atoms with van der Waals surface area (Å²) < 4.78 is 5.94. The maximum Gasteiger partial charge on any atom is 0.256 e. The van der Waals surface area contributed by atoms with Gasteiger partial charge >= 0.3 is 0 Å². The Morgan fingerprint density at radius 1 is 0.556 bits per heavy atom. The fourth-order valence-corrected chi connectivity index (χ4v) is 8.60. The molecule has 11 heteroatoms. The third kappa shape index (κ3) is 6.64. The number of nitrogens with one attached hydrogen (secondary N) is 2. The van der Waals surface area contributed by atoms with Crippen molar-refractivity contribution in [2.24, 2.45) is 11.5 Å². The second kappa shape index (κ2) is 13.3. The lowest BCUT2D eigenvalue weighted by Crippen LogP contribution is -2.18. The van der Waals surface area contributed by atoms with Gasteiger partial charge in [-0.25, -0.2) is 0 Å². The number of hydrogen-bond acceptors (Lipinski definition) is 7. The number of carbonyl (C=O) groups is 4. The van der Waals surface area contributed by atoms with Crippen LogP contribution in [0.25, 0.3) is 0 Å². The lowest BCUT2D eigenvalue weighted by atomic mass is 10.1. The maximum atomic E-state index is 13.0.